The van der Waals surface area contributed by atoms with Crippen LogP contribution < -0.4 is 10.2 Å². The highest BCUT2D eigenvalue weighted by Gasteiger charge is 2.18. The summed E-state index contributed by atoms with van der Waals surface area (Å²) in [5.74, 6) is -1.74. The summed E-state index contributed by atoms with van der Waals surface area (Å²) in [5.41, 5.74) is 0.698. The Balaban J connectivity index is 2.58. The Morgan fingerprint density at radius 1 is 1.19 bits per heavy atom. The molecular formula is C15H20N2O4. The molecule has 0 aliphatic carbocycles. The van der Waals surface area contributed by atoms with Gasteiger partial charge in [-0.25, -0.2) is 4.79 Å². The van der Waals surface area contributed by atoms with Crippen molar-refractivity contribution in [3.63, 3.8) is 0 Å². The first-order valence-corrected chi connectivity index (χ1v) is 6.82. The van der Waals surface area contributed by atoms with E-state index in [0.29, 0.717) is 12.2 Å². The number of aliphatic carboxylic acids is 1. The number of carboxylic acid groups (broad SMARTS) is 1. The van der Waals surface area contributed by atoms with Crippen molar-refractivity contribution in [3.05, 3.63) is 30.3 Å². The highest BCUT2D eigenvalue weighted by atomic mass is 16.4. The van der Waals surface area contributed by atoms with Crippen molar-refractivity contribution >= 4 is 23.6 Å². The fourth-order valence-electron chi connectivity index (χ4n) is 1.98. The maximum atomic E-state index is 12.1. The molecule has 0 aliphatic heterocycles. The summed E-state index contributed by atoms with van der Waals surface area (Å²) in [7, 11) is 0. The number of nitrogens with zero attached hydrogens (tertiary/aromatic N) is 1. The third kappa shape index (κ3) is 5.64. The molecule has 0 radical (unpaired) electrons. The van der Waals surface area contributed by atoms with Gasteiger partial charge in [-0.15, -0.1) is 0 Å². The minimum absolute atomic E-state index is 0.00435. The Hall–Kier alpha value is -2.37. The van der Waals surface area contributed by atoms with Gasteiger partial charge in [-0.3, -0.25) is 19.8 Å². The van der Waals surface area contributed by atoms with Crippen molar-refractivity contribution in [1.82, 2.24) is 5.32 Å². The predicted octanol–water partition coefficient (Wildman–Crippen LogP) is 2.25. The van der Waals surface area contributed by atoms with Gasteiger partial charge in [-0.05, 0) is 25.0 Å². The number of carboxylic acids is 1. The van der Waals surface area contributed by atoms with E-state index in [1.165, 1.54) is 4.90 Å². The molecule has 1 aromatic rings. The Bertz CT molecular complexity index is 502. The van der Waals surface area contributed by atoms with Crippen LogP contribution in [0.25, 0.3) is 0 Å². The van der Waals surface area contributed by atoms with Crippen LogP contribution >= 0.6 is 0 Å². The molecule has 6 heteroatoms. The van der Waals surface area contributed by atoms with Crippen LogP contribution in [0.3, 0.4) is 0 Å². The average Bonchev–Trinajstić information content (AvgIpc) is 2.39. The Morgan fingerprint density at radius 3 is 2.33 bits per heavy atom. The minimum atomic E-state index is -0.957. The van der Waals surface area contributed by atoms with E-state index in [1.54, 1.807) is 19.1 Å². The van der Waals surface area contributed by atoms with Gasteiger partial charge in [0.15, 0.2) is 0 Å². The summed E-state index contributed by atoms with van der Waals surface area (Å²) < 4.78 is 0. The Morgan fingerprint density at radius 2 is 1.81 bits per heavy atom. The normalized spacial score (nSPS) is 11.5. The van der Waals surface area contributed by atoms with Crippen molar-refractivity contribution < 1.29 is 19.5 Å². The van der Waals surface area contributed by atoms with Crippen LogP contribution in [-0.2, 0) is 9.59 Å². The predicted molar refractivity (Wildman–Crippen MR) is 79.0 cm³/mol. The van der Waals surface area contributed by atoms with Gasteiger partial charge in [0, 0.05) is 25.1 Å². The first kappa shape index (κ1) is 16.7. The number of carbonyl (C=O) groups is 3. The molecule has 0 bridgehead atoms. The fourth-order valence-corrected chi connectivity index (χ4v) is 1.98. The summed E-state index contributed by atoms with van der Waals surface area (Å²) in [6.45, 7) is 3.89. The number of hydrogen-bond acceptors (Lipinski definition) is 3. The lowest BCUT2D eigenvalue weighted by Gasteiger charge is -2.21. The number of rotatable bonds is 6. The van der Waals surface area contributed by atoms with E-state index in [9.17, 15) is 14.4 Å². The molecule has 1 atom stereocenters. The molecule has 0 spiro atoms. The second-order valence-electron chi connectivity index (χ2n) is 4.84. The zero-order chi connectivity index (χ0) is 15.8. The number of para-hydroxylation sites is 1. The van der Waals surface area contributed by atoms with Crippen LogP contribution in [-0.4, -0.2) is 29.6 Å². The highest BCUT2D eigenvalue weighted by molar-refractivity contribution is 6.02. The molecule has 3 amide bonds. The number of imide groups is 1. The third-order valence-corrected chi connectivity index (χ3v) is 2.93. The van der Waals surface area contributed by atoms with Crippen LogP contribution in [0.5, 0.6) is 0 Å². The highest BCUT2D eigenvalue weighted by Crippen LogP contribution is 2.13. The zero-order valence-corrected chi connectivity index (χ0v) is 12.2. The molecule has 0 saturated heterocycles. The molecule has 0 fully saturated rings. The molecule has 1 aromatic carbocycles. The van der Waals surface area contributed by atoms with Gasteiger partial charge in [0.25, 0.3) is 0 Å². The molecule has 6 nitrogen and oxygen atoms in total. The van der Waals surface area contributed by atoms with Gasteiger partial charge in [0.05, 0.1) is 0 Å². The first-order valence-electron chi connectivity index (χ1n) is 6.82. The lowest BCUT2D eigenvalue weighted by atomic mass is 10.0. The van der Waals surface area contributed by atoms with E-state index < -0.39 is 17.9 Å². The van der Waals surface area contributed by atoms with Gasteiger partial charge in [-0.2, -0.15) is 0 Å². The van der Waals surface area contributed by atoms with E-state index in [0.717, 1.165) is 0 Å². The molecule has 1 rings (SSSR count). The number of nitrogens with one attached hydrogen (secondary N) is 1. The quantitative estimate of drug-likeness (QED) is 0.842. The molecule has 0 aliphatic rings. The Labute approximate surface area is 123 Å². The van der Waals surface area contributed by atoms with Crippen LogP contribution in [0.2, 0.25) is 0 Å². The second kappa shape index (κ2) is 8.04. The second-order valence-corrected chi connectivity index (χ2v) is 4.84. The number of benzene rings is 1. The number of anilines is 1. The number of hydrogen-bond donors (Lipinski definition) is 2. The number of amides is 3. The number of carbonyl (C=O) groups excluding carboxylic acids is 2. The van der Waals surface area contributed by atoms with Crippen molar-refractivity contribution in [2.75, 3.05) is 11.4 Å². The van der Waals surface area contributed by atoms with Crippen LogP contribution in [0.1, 0.15) is 26.7 Å². The first-order chi connectivity index (χ1) is 9.93. The zero-order valence-electron chi connectivity index (χ0n) is 12.2. The topological polar surface area (TPSA) is 86.7 Å². The van der Waals surface area contributed by atoms with Gasteiger partial charge in [-0.1, -0.05) is 25.1 Å². The molecule has 0 aromatic heterocycles. The van der Waals surface area contributed by atoms with Gasteiger partial charge < -0.3 is 5.11 Å². The lowest BCUT2D eigenvalue weighted by molar-refractivity contribution is -0.138. The molecule has 2 N–H and O–H groups in total. The average molecular weight is 292 g/mol. The van der Waals surface area contributed by atoms with E-state index >= 15 is 0 Å². The molecule has 0 heterocycles. The van der Waals surface area contributed by atoms with E-state index in [4.69, 9.17) is 5.11 Å². The minimum Gasteiger partial charge on any atom is -0.481 e. The van der Waals surface area contributed by atoms with Crippen molar-refractivity contribution in [3.8, 4) is 0 Å². The summed E-state index contributed by atoms with van der Waals surface area (Å²) in [5, 5.41) is 10.9. The van der Waals surface area contributed by atoms with Crippen molar-refractivity contribution in [2.45, 2.75) is 26.7 Å². The van der Waals surface area contributed by atoms with Crippen LogP contribution in [0.4, 0.5) is 10.5 Å². The number of urea groups is 1. The molecule has 114 valence electrons. The summed E-state index contributed by atoms with van der Waals surface area (Å²) >= 11 is 0. The van der Waals surface area contributed by atoms with E-state index in [1.807, 2.05) is 25.1 Å². The SMILES string of the molecule is CCN(C(=O)NC(=O)CC(C)CC(=O)O)c1ccccc1. The molecular weight excluding hydrogens is 272 g/mol. The fraction of sp³-hybridized carbons (Fsp3) is 0.400. The van der Waals surface area contributed by atoms with Gasteiger partial charge >= 0.3 is 12.0 Å². The third-order valence-electron chi connectivity index (χ3n) is 2.93. The van der Waals surface area contributed by atoms with Crippen LogP contribution in [0.15, 0.2) is 30.3 Å². The summed E-state index contributed by atoms with van der Waals surface area (Å²) in [6.07, 6.45) is -0.0951. The lowest BCUT2D eigenvalue weighted by Crippen LogP contribution is -2.43. The van der Waals surface area contributed by atoms with E-state index in [-0.39, 0.29) is 18.8 Å². The van der Waals surface area contributed by atoms with Gasteiger partial charge in [0.1, 0.15) is 0 Å². The van der Waals surface area contributed by atoms with Crippen LogP contribution in [0, 0.1) is 5.92 Å². The molecule has 21 heavy (non-hydrogen) atoms. The maximum absolute atomic E-state index is 12.1. The summed E-state index contributed by atoms with van der Waals surface area (Å²) in [4.78, 5) is 35.8. The van der Waals surface area contributed by atoms with Crippen molar-refractivity contribution in [1.29, 1.82) is 0 Å². The monoisotopic (exact) mass is 292 g/mol. The standard InChI is InChI=1S/C15H20N2O4/c1-3-17(12-7-5-4-6-8-12)15(21)16-13(18)9-11(2)10-14(19)20/h4-8,11H,3,9-10H2,1-2H3,(H,19,20)(H,16,18,21). The smallest absolute Gasteiger partial charge is 0.328 e. The largest absolute Gasteiger partial charge is 0.481 e. The van der Waals surface area contributed by atoms with Crippen molar-refractivity contribution in [2.24, 2.45) is 5.92 Å². The summed E-state index contributed by atoms with van der Waals surface area (Å²) in [6, 6.07) is 8.51. The van der Waals surface area contributed by atoms with E-state index in [2.05, 4.69) is 5.32 Å². The maximum Gasteiger partial charge on any atom is 0.328 e. The molecule has 0 saturated carbocycles. The Kier molecular flexibility index (Phi) is 6.39. The molecule has 1 unspecified atom stereocenters. The van der Waals surface area contributed by atoms with Gasteiger partial charge in [0.2, 0.25) is 5.91 Å².